The van der Waals surface area contributed by atoms with Gasteiger partial charge in [0.05, 0.1) is 18.0 Å². The molecular formula is C20H27N5O3S. The zero-order valence-electron chi connectivity index (χ0n) is 16.8. The third-order valence-corrected chi connectivity index (χ3v) is 6.91. The number of hydrogen-bond donors (Lipinski definition) is 1. The van der Waals surface area contributed by atoms with Crippen molar-refractivity contribution in [3.05, 3.63) is 47.8 Å². The first-order valence-electron chi connectivity index (χ1n) is 9.87. The Bertz CT molecular complexity index is 961. The van der Waals surface area contributed by atoms with Crippen molar-refractivity contribution in [2.45, 2.75) is 25.5 Å². The molecule has 0 unspecified atom stereocenters. The van der Waals surface area contributed by atoms with Crippen LogP contribution < -0.4 is 9.21 Å². The number of sulfonamides is 1. The van der Waals surface area contributed by atoms with Gasteiger partial charge in [0, 0.05) is 51.2 Å². The highest BCUT2D eigenvalue weighted by Crippen LogP contribution is 2.35. The number of nitrogens with zero attached hydrogens (tertiary/aromatic N) is 5. The average molecular weight is 418 g/mol. The van der Waals surface area contributed by atoms with Crippen molar-refractivity contribution in [2.75, 3.05) is 48.2 Å². The third-order valence-electron chi connectivity index (χ3n) is 5.64. The maximum atomic E-state index is 12.1. The van der Waals surface area contributed by atoms with Crippen LogP contribution in [0.5, 0.6) is 0 Å². The smallest absolute Gasteiger partial charge is 0.232 e. The summed E-state index contributed by atoms with van der Waals surface area (Å²) in [4.78, 5) is 13.0. The highest BCUT2D eigenvalue weighted by Gasteiger charge is 2.33. The molecule has 0 amide bonds. The number of aliphatic hydroxyl groups is 1. The zero-order chi connectivity index (χ0) is 20.6. The van der Waals surface area contributed by atoms with Crippen molar-refractivity contribution in [1.82, 2.24) is 14.9 Å². The van der Waals surface area contributed by atoms with Crippen LogP contribution in [0.25, 0.3) is 0 Å². The SMILES string of the molecule is C[C@@H]1Cc2cc([C@@H](O)CN3CCN(c4ncccn4)CC3)ccc2N1S(C)(=O)=O. The first kappa shape index (κ1) is 20.1. The number of aromatic nitrogens is 2. The van der Waals surface area contributed by atoms with Crippen molar-refractivity contribution in [3.8, 4) is 0 Å². The van der Waals surface area contributed by atoms with Crippen molar-refractivity contribution in [3.63, 3.8) is 0 Å². The van der Waals surface area contributed by atoms with Crippen LogP contribution in [0.1, 0.15) is 24.2 Å². The van der Waals surface area contributed by atoms with Crippen LogP contribution in [0.3, 0.4) is 0 Å². The Hall–Kier alpha value is -2.23. The Morgan fingerprint density at radius 3 is 2.52 bits per heavy atom. The first-order valence-corrected chi connectivity index (χ1v) is 11.7. The molecule has 0 radical (unpaired) electrons. The highest BCUT2D eigenvalue weighted by atomic mass is 32.2. The second-order valence-corrected chi connectivity index (χ2v) is 9.71. The lowest BCUT2D eigenvalue weighted by atomic mass is 10.0. The van der Waals surface area contributed by atoms with Crippen LogP contribution in [0.4, 0.5) is 11.6 Å². The van der Waals surface area contributed by atoms with Gasteiger partial charge < -0.3 is 10.0 Å². The summed E-state index contributed by atoms with van der Waals surface area (Å²) in [7, 11) is -3.30. The Morgan fingerprint density at radius 1 is 1.17 bits per heavy atom. The fourth-order valence-electron chi connectivity index (χ4n) is 4.27. The van der Waals surface area contributed by atoms with E-state index >= 15 is 0 Å². The molecule has 29 heavy (non-hydrogen) atoms. The summed E-state index contributed by atoms with van der Waals surface area (Å²) in [6.45, 7) is 5.77. The summed E-state index contributed by atoms with van der Waals surface area (Å²) in [5.41, 5.74) is 2.54. The summed E-state index contributed by atoms with van der Waals surface area (Å²) >= 11 is 0. The predicted octanol–water partition coefficient (Wildman–Crippen LogP) is 1.04. The number of piperazine rings is 1. The van der Waals surface area contributed by atoms with E-state index in [1.165, 1.54) is 10.6 Å². The molecule has 2 aliphatic rings. The molecule has 2 atom stereocenters. The van der Waals surface area contributed by atoms with E-state index in [0.717, 1.165) is 48.9 Å². The predicted molar refractivity (Wildman–Crippen MR) is 113 cm³/mol. The van der Waals surface area contributed by atoms with E-state index in [2.05, 4.69) is 19.8 Å². The molecule has 1 aromatic heterocycles. The monoisotopic (exact) mass is 417 g/mol. The second-order valence-electron chi connectivity index (χ2n) is 7.85. The van der Waals surface area contributed by atoms with E-state index < -0.39 is 16.1 Å². The lowest BCUT2D eigenvalue weighted by Gasteiger charge is -2.35. The summed E-state index contributed by atoms with van der Waals surface area (Å²) in [6, 6.07) is 7.33. The summed E-state index contributed by atoms with van der Waals surface area (Å²) in [6.07, 6.45) is 4.79. The van der Waals surface area contributed by atoms with E-state index in [4.69, 9.17) is 0 Å². The molecule has 1 N–H and O–H groups in total. The molecule has 0 aliphatic carbocycles. The minimum Gasteiger partial charge on any atom is -0.387 e. The van der Waals surface area contributed by atoms with Gasteiger partial charge in [0.25, 0.3) is 0 Å². The minimum absolute atomic E-state index is 0.0966. The topological polar surface area (TPSA) is 89.9 Å². The lowest BCUT2D eigenvalue weighted by Crippen LogP contribution is -2.48. The number of aliphatic hydroxyl groups excluding tert-OH is 1. The van der Waals surface area contributed by atoms with Gasteiger partial charge in [-0.3, -0.25) is 9.21 Å². The van der Waals surface area contributed by atoms with Crippen molar-refractivity contribution < 1.29 is 13.5 Å². The van der Waals surface area contributed by atoms with Crippen molar-refractivity contribution >= 4 is 21.7 Å². The number of β-amino-alcohol motifs (C(OH)–C–C–N with tert-alkyl or cyclic N) is 1. The summed E-state index contributed by atoms with van der Waals surface area (Å²) in [5, 5.41) is 10.8. The molecule has 8 nitrogen and oxygen atoms in total. The molecule has 1 aromatic carbocycles. The van der Waals surface area contributed by atoms with Crippen LogP contribution in [0.15, 0.2) is 36.7 Å². The molecular weight excluding hydrogens is 390 g/mol. The molecule has 2 aromatic rings. The van der Waals surface area contributed by atoms with Gasteiger partial charge in [0.1, 0.15) is 0 Å². The van der Waals surface area contributed by atoms with Crippen LogP contribution in [-0.4, -0.2) is 73.4 Å². The van der Waals surface area contributed by atoms with Gasteiger partial charge in [-0.2, -0.15) is 0 Å². The van der Waals surface area contributed by atoms with Crippen LogP contribution in [0, 0.1) is 0 Å². The van der Waals surface area contributed by atoms with Crippen molar-refractivity contribution in [2.24, 2.45) is 0 Å². The Kier molecular flexibility index (Phi) is 5.46. The number of fused-ring (bicyclic) bond motifs is 1. The third kappa shape index (κ3) is 4.22. The quantitative estimate of drug-likeness (QED) is 0.777. The van der Waals surface area contributed by atoms with Gasteiger partial charge >= 0.3 is 0 Å². The fourth-order valence-corrected chi connectivity index (χ4v) is 5.53. The summed E-state index contributed by atoms with van der Waals surface area (Å²) in [5.74, 6) is 0.746. The van der Waals surface area contributed by atoms with Gasteiger partial charge in [0.15, 0.2) is 0 Å². The number of rotatable bonds is 5. The minimum atomic E-state index is -3.30. The largest absolute Gasteiger partial charge is 0.387 e. The molecule has 0 saturated carbocycles. The molecule has 4 rings (SSSR count). The van der Waals surface area contributed by atoms with Crippen LogP contribution in [-0.2, 0) is 16.4 Å². The first-order chi connectivity index (χ1) is 13.8. The number of anilines is 2. The maximum Gasteiger partial charge on any atom is 0.232 e. The van der Waals surface area contributed by atoms with Gasteiger partial charge in [-0.15, -0.1) is 0 Å². The van der Waals surface area contributed by atoms with Crippen LogP contribution in [0.2, 0.25) is 0 Å². The summed E-state index contributed by atoms with van der Waals surface area (Å²) < 4.78 is 25.6. The van der Waals surface area contributed by atoms with E-state index in [1.807, 2.05) is 31.2 Å². The Labute approximate surface area is 171 Å². The van der Waals surface area contributed by atoms with E-state index in [9.17, 15) is 13.5 Å². The molecule has 3 heterocycles. The van der Waals surface area contributed by atoms with E-state index in [1.54, 1.807) is 12.4 Å². The fraction of sp³-hybridized carbons (Fsp3) is 0.500. The van der Waals surface area contributed by atoms with Gasteiger partial charge in [0.2, 0.25) is 16.0 Å². The Morgan fingerprint density at radius 2 is 1.86 bits per heavy atom. The van der Waals surface area contributed by atoms with E-state index in [-0.39, 0.29) is 6.04 Å². The van der Waals surface area contributed by atoms with E-state index in [0.29, 0.717) is 13.0 Å². The Balaban J connectivity index is 1.39. The lowest BCUT2D eigenvalue weighted by molar-refractivity contribution is 0.109. The molecule has 156 valence electrons. The maximum absolute atomic E-state index is 12.1. The molecule has 0 spiro atoms. The highest BCUT2D eigenvalue weighted by molar-refractivity contribution is 7.92. The standard InChI is InChI=1S/C20H27N5O3S/c1-15-12-17-13-16(4-5-18(17)25(15)29(2,27)28)19(26)14-23-8-10-24(11-9-23)20-21-6-3-7-22-20/h3-7,13,15,19,26H,8-12,14H2,1-2H3/t15-,19+/m1/s1. The van der Waals surface area contributed by atoms with Gasteiger partial charge in [-0.25, -0.2) is 18.4 Å². The number of benzene rings is 1. The molecule has 9 heteroatoms. The normalized spacial score (nSPS) is 21.3. The zero-order valence-corrected chi connectivity index (χ0v) is 17.6. The molecule has 1 fully saturated rings. The van der Waals surface area contributed by atoms with Gasteiger partial charge in [-0.05, 0) is 36.6 Å². The average Bonchev–Trinajstić information content (AvgIpc) is 3.04. The second kappa shape index (κ2) is 7.89. The van der Waals surface area contributed by atoms with Crippen LogP contribution >= 0.6 is 0 Å². The molecule has 1 saturated heterocycles. The molecule has 0 bridgehead atoms. The van der Waals surface area contributed by atoms with Crippen molar-refractivity contribution in [1.29, 1.82) is 0 Å². The molecule has 2 aliphatic heterocycles. The number of hydrogen-bond acceptors (Lipinski definition) is 7. The van der Waals surface area contributed by atoms with Gasteiger partial charge in [-0.1, -0.05) is 12.1 Å².